The minimum Gasteiger partial charge on any atom is -0.408 e. The molecule has 4 rings (SSSR count). The summed E-state index contributed by atoms with van der Waals surface area (Å²) in [7, 11) is 0. The molecule has 0 unspecified atom stereocenters. The van der Waals surface area contributed by atoms with Crippen LogP contribution in [0.5, 0.6) is 0 Å². The Balaban J connectivity index is 1.42. The van der Waals surface area contributed by atoms with Crippen LogP contribution in [-0.4, -0.2) is 61.4 Å². The van der Waals surface area contributed by atoms with Crippen LogP contribution in [0.2, 0.25) is 0 Å². The molecule has 0 radical (unpaired) electrons. The zero-order chi connectivity index (χ0) is 26.2. The van der Waals surface area contributed by atoms with Crippen LogP contribution in [0.3, 0.4) is 0 Å². The number of hydrogen-bond donors (Lipinski definition) is 3. The van der Waals surface area contributed by atoms with Gasteiger partial charge in [0, 0.05) is 19.6 Å². The van der Waals surface area contributed by atoms with Crippen molar-refractivity contribution in [3.05, 3.63) is 58.6 Å². The predicted molar refractivity (Wildman–Crippen MR) is 134 cm³/mol. The van der Waals surface area contributed by atoms with Crippen molar-refractivity contribution in [2.45, 2.75) is 31.5 Å². The maximum Gasteiger partial charge on any atom is 0.420 e. The smallest absolute Gasteiger partial charge is 0.408 e. The van der Waals surface area contributed by atoms with Gasteiger partial charge in [0.25, 0.3) is 5.91 Å². The average molecular weight is 508 g/mol. The summed E-state index contributed by atoms with van der Waals surface area (Å²) in [6.45, 7) is 1.86. The van der Waals surface area contributed by atoms with E-state index in [1.807, 2.05) is 36.4 Å². The standard InChI is InChI=1S/C26H29N5O6/c27-14-20(30-25(33)23-15-29-8-1-10-36-23)12-17-2-4-18(5-3-17)19-6-7-22-21(13-19)31(26(34)37-22)9-11-35-16-24(28)32/h2-7,13,20,23,29H,1,8-12,15-16H2,(H2,28,32)(H,30,33)/t20-,23-/m0/s1. The Labute approximate surface area is 213 Å². The predicted octanol–water partition coefficient (Wildman–Crippen LogP) is 0.693. The molecule has 194 valence electrons. The van der Waals surface area contributed by atoms with Crippen molar-refractivity contribution < 1.29 is 23.5 Å². The second-order valence-corrected chi connectivity index (χ2v) is 8.73. The van der Waals surface area contributed by atoms with Crippen LogP contribution in [-0.2, 0) is 32.0 Å². The van der Waals surface area contributed by atoms with Crippen LogP contribution in [0.25, 0.3) is 22.2 Å². The van der Waals surface area contributed by atoms with E-state index in [1.54, 1.807) is 6.07 Å². The van der Waals surface area contributed by atoms with E-state index in [1.165, 1.54) is 4.57 Å². The lowest BCUT2D eigenvalue weighted by molar-refractivity contribution is -0.132. The molecule has 2 atom stereocenters. The van der Waals surface area contributed by atoms with Crippen LogP contribution < -0.4 is 22.1 Å². The number of rotatable bonds is 10. The van der Waals surface area contributed by atoms with Gasteiger partial charge in [-0.15, -0.1) is 0 Å². The molecule has 2 amide bonds. The normalized spacial score (nSPS) is 16.6. The van der Waals surface area contributed by atoms with Crippen LogP contribution in [0.1, 0.15) is 12.0 Å². The van der Waals surface area contributed by atoms with Crippen molar-refractivity contribution in [3.63, 3.8) is 0 Å². The number of benzene rings is 2. The topological polar surface area (TPSA) is 162 Å². The number of ether oxygens (including phenoxy) is 2. The zero-order valence-corrected chi connectivity index (χ0v) is 20.3. The molecule has 0 spiro atoms. The molecule has 0 saturated carbocycles. The van der Waals surface area contributed by atoms with Gasteiger partial charge in [-0.1, -0.05) is 30.3 Å². The first-order valence-electron chi connectivity index (χ1n) is 12.1. The first kappa shape index (κ1) is 26.1. The third-order valence-corrected chi connectivity index (χ3v) is 6.01. The molecular formula is C26H29N5O6. The number of nitriles is 1. The van der Waals surface area contributed by atoms with E-state index >= 15 is 0 Å². The van der Waals surface area contributed by atoms with Gasteiger partial charge >= 0.3 is 5.76 Å². The number of carbonyl (C=O) groups excluding carboxylic acids is 2. The molecule has 0 bridgehead atoms. The maximum absolute atomic E-state index is 12.5. The van der Waals surface area contributed by atoms with Crippen molar-refractivity contribution in [1.29, 1.82) is 5.26 Å². The number of carbonyl (C=O) groups is 2. The molecule has 1 aliphatic rings. The number of nitrogens with zero attached hydrogens (tertiary/aromatic N) is 2. The second kappa shape index (κ2) is 12.3. The van der Waals surface area contributed by atoms with Gasteiger partial charge in [0.05, 0.1) is 24.7 Å². The Bertz CT molecular complexity index is 1330. The van der Waals surface area contributed by atoms with Crippen molar-refractivity contribution >= 4 is 22.9 Å². The average Bonchev–Trinajstić information content (AvgIpc) is 3.04. The lowest BCUT2D eigenvalue weighted by atomic mass is 10.0. The number of oxazole rings is 1. The van der Waals surface area contributed by atoms with Gasteiger partial charge in [0.1, 0.15) is 18.8 Å². The molecule has 37 heavy (non-hydrogen) atoms. The van der Waals surface area contributed by atoms with Crippen LogP contribution in [0, 0.1) is 11.3 Å². The summed E-state index contributed by atoms with van der Waals surface area (Å²) in [5.41, 5.74) is 8.79. The monoisotopic (exact) mass is 507 g/mol. The van der Waals surface area contributed by atoms with E-state index in [0.717, 1.165) is 29.7 Å². The van der Waals surface area contributed by atoms with Crippen molar-refractivity contribution in [3.8, 4) is 17.2 Å². The van der Waals surface area contributed by atoms with Crippen molar-refractivity contribution in [1.82, 2.24) is 15.2 Å². The number of nitrogens with one attached hydrogen (secondary N) is 2. The highest BCUT2D eigenvalue weighted by molar-refractivity contribution is 5.82. The molecule has 1 fully saturated rings. The molecule has 11 nitrogen and oxygen atoms in total. The molecular weight excluding hydrogens is 478 g/mol. The van der Waals surface area contributed by atoms with E-state index in [0.29, 0.717) is 30.7 Å². The van der Waals surface area contributed by atoms with E-state index in [4.69, 9.17) is 19.6 Å². The summed E-state index contributed by atoms with van der Waals surface area (Å²) in [5, 5.41) is 15.5. The fourth-order valence-electron chi connectivity index (χ4n) is 4.13. The van der Waals surface area contributed by atoms with Crippen molar-refractivity contribution in [2.75, 3.05) is 32.9 Å². The molecule has 1 aliphatic heterocycles. The summed E-state index contributed by atoms with van der Waals surface area (Å²) in [5.74, 6) is -1.39. The van der Waals surface area contributed by atoms with E-state index in [2.05, 4.69) is 16.7 Å². The van der Waals surface area contributed by atoms with Gasteiger partial charge in [-0.05, 0) is 41.8 Å². The SMILES string of the molecule is N#C[C@H](Cc1ccc(-c2ccc3oc(=O)n(CCOCC(N)=O)c3c2)cc1)NC(=O)[C@@H]1CNCCCO1. The third kappa shape index (κ3) is 6.83. The van der Waals surface area contributed by atoms with Gasteiger partial charge < -0.3 is 30.3 Å². The first-order valence-corrected chi connectivity index (χ1v) is 12.1. The highest BCUT2D eigenvalue weighted by Crippen LogP contribution is 2.25. The highest BCUT2D eigenvalue weighted by atomic mass is 16.5. The van der Waals surface area contributed by atoms with Crippen LogP contribution in [0.15, 0.2) is 51.7 Å². The Kier molecular flexibility index (Phi) is 8.68. The Morgan fingerprint density at radius 2 is 2.03 bits per heavy atom. The number of nitrogens with two attached hydrogens (primary N) is 1. The van der Waals surface area contributed by atoms with Gasteiger partial charge in [0.2, 0.25) is 5.91 Å². The Morgan fingerprint density at radius 3 is 2.78 bits per heavy atom. The molecule has 1 aromatic heterocycles. The van der Waals surface area contributed by atoms with Gasteiger partial charge in [-0.25, -0.2) is 4.79 Å². The summed E-state index contributed by atoms with van der Waals surface area (Å²) in [4.78, 5) is 35.6. The summed E-state index contributed by atoms with van der Waals surface area (Å²) >= 11 is 0. The van der Waals surface area contributed by atoms with E-state index < -0.39 is 23.8 Å². The lowest BCUT2D eigenvalue weighted by Gasteiger charge is -2.18. The fraction of sp³-hybridized carbons (Fsp3) is 0.385. The minimum atomic E-state index is -0.682. The van der Waals surface area contributed by atoms with Crippen molar-refractivity contribution in [2.24, 2.45) is 5.73 Å². The Hall–Kier alpha value is -3.98. The van der Waals surface area contributed by atoms with E-state index in [-0.39, 0.29) is 25.7 Å². The molecule has 1 saturated heterocycles. The molecule has 4 N–H and O–H groups in total. The number of hydrogen-bond acceptors (Lipinski definition) is 8. The summed E-state index contributed by atoms with van der Waals surface area (Å²) in [6, 6.07) is 14.5. The maximum atomic E-state index is 12.5. The number of fused-ring (bicyclic) bond motifs is 1. The Morgan fingerprint density at radius 1 is 1.24 bits per heavy atom. The number of aromatic nitrogens is 1. The minimum absolute atomic E-state index is 0.135. The molecule has 3 aromatic rings. The first-order chi connectivity index (χ1) is 17.9. The van der Waals surface area contributed by atoms with Gasteiger partial charge in [-0.2, -0.15) is 5.26 Å². The second-order valence-electron chi connectivity index (χ2n) is 8.73. The molecule has 11 heteroatoms. The van der Waals surface area contributed by atoms with Crippen LogP contribution in [0.4, 0.5) is 0 Å². The third-order valence-electron chi connectivity index (χ3n) is 6.01. The number of amides is 2. The molecule has 2 aromatic carbocycles. The van der Waals surface area contributed by atoms with Gasteiger partial charge in [-0.3, -0.25) is 14.2 Å². The number of primary amides is 1. The highest BCUT2D eigenvalue weighted by Gasteiger charge is 2.23. The lowest BCUT2D eigenvalue weighted by Crippen LogP contribution is -2.46. The summed E-state index contributed by atoms with van der Waals surface area (Å²) in [6.07, 6.45) is 0.592. The summed E-state index contributed by atoms with van der Waals surface area (Å²) < 4.78 is 17.5. The van der Waals surface area contributed by atoms with Gasteiger partial charge in [0.15, 0.2) is 5.58 Å². The largest absolute Gasteiger partial charge is 0.420 e. The fourth-order valence-corrected chi connectivity index (χ4v) is 4.13. The van der Waals surface area contributed by atoms with E-state index in [9.17, 15) is 19.6 Å². The zero-order valence-electron chi connectivity index (χ0n) is 20.3. The molecule has 2 heterocycles. The van der Waals surface area contributed by atoms with Crippen LogP contribution >= 0.6 is 0 Å². The quantitative estimate of drug-likeness (QED) is 0.338. The molecule has 0 aliphatic carbocycles.